The first-order valence-electron chi connectivity index (χ1n) is 6.87. The van der Waals surface area contributed by atoms with Crippen molar-refractivity contribution in [3.05, 3.63) is 0 Å². The molecule has 0 bridgehead atoms. The molecule has 1 fully saturated rings. The molecule has 8 heteroatoms. The summed E-state index contributed by atoms with van der Waals surface area (Å²) in [6.07, 6.45) is 1.83. The Morgan fingerprint density at radius 2 is 2.05 bits per heavy atom. The number of hydrogen-bond donors (Lipinski definition) is 3. The smallest absolute Gasteiger partial charge is 0.323 e. The number of nitrogens with zero attached hydrogens (tertiary/aromatic N) is 4. The Hall–Kier alpha value is -1.67. The lowest BCUT2D eigenvalue weighted by atomic mass is 9.98. The summed E-state index contributed by atoms with van der Waals surface area (Å²) < 4.78 is 5.51. The fourth-order valence-corrected chi connectivity index (χ4v) is 2.13. The highest BCUT2D eigenvalue weighted by molar-refractivity contribution is 5.38. The zero-order valence-electron chi connectivity index (χ0n) is 11.9. The van der Waals surface area contributed by atoms with E-state index in [0.717, 1.165) is 25.9 Å². The summed E-state index contributed by atoms with van der Waals surface area (Å²) in [6, 6.07) is 0.266. The SMILES string of the molecule is CC(C)Oc1nc(NN)nc(N2CCC(CO)CC2)n1. The van der Waals surface area contributed by atoms with Gasteiger partial charge in [-0.1, -0.05) is 0 Å². The van der Waals surface area contributed by atoms with Gasteiger partial charge >= 0.3 is 6.01 Å². The molecule has 4 N–H and O–H groups in total. The van der Waals surface area contributed by atoms with Gasteiger partial charge in [0.15, 0.2) is 0 Å². The van der Waals surface area contributed by atoms with E-state index in [4.69, 9.17) is 15.7 Å². The standard InChI is InChI=1S/C12H22N6O2/c1-8(2)20-12-15-10(17-13)14-11(16-12)18-5-3-9(7-19)4-6-18/h8-9,19H,3-7,13H2,1-2H3,(H,14,15,16,17). The molecule has 0 amide bonds. The minimum Gasteiger partial charge on any atom is -0.461 e. The third kappa shape index (κ3) is 3.67. The van der Waals surface area contributed by atoms with Crippen LogP contribution < -0.4 is 20.9 Å². The number of nitrogens with one attached hydrogen (secondary N) is 1. The van der Waals surface area contributed by atoms with Crippen molar-refractivity contribution in [1.29, 1.82) is 0 Å². The van der Waals surface area contributed by atoms with Gasteiger partial charge in [-0.3, -0.25) is 5.43 Å². The van der Waals surface area contributed by atoms with Crippen molar-refractivity contribution in [2.24, 2.45) is 11.8 Å². The van der Waals surface area contributed by atoms with Gasteiger partial charge in [0, 0.05) is 19.7 Å². The summed E-state index contributed by atoms with van der Waals surface area (Å²) in [5, 5.41) is 9.17. The van der Waals surface area contributed by atoms with Crippen LogP contribution in [0, 0.1) is 5.92 Å². The van der Waals surface area contributed by atoms with E-state index in [0.29, 0.717) is 11.9 Å². The van der Waals surface area contributed by atoms with E-state index in [1.807, 2.05) is 13.8 Å². The number of nitrogens with two attached hydrogens (primary N) is 1. The van der Waals surface area contributed by atoms with Crippen LogP contribution in [0.2, 0.25) is 0 Å². The zero-order valence-corrected chi connectivity index (χ0v) is 11.9. The third-order valence-corrected chi connectivity index (χ3v) is 3.23. The van der Waals surface area contributed by atoms with Crippen LogP contribution in [0.1, 0.15) is 26.7 Å². The van der Waals surface area contributed by atoms with Gasteiger partial charge in [-0.15, -0.1) is 0 Å². The Bertz CT molecular complexity index is 434. The van der Waals surface area contributed by atoms with Crippen LogP contribution in [0.3, 0.4) is 0 Å². The summed E-state index contributed by atoms with van der Waals surface area (Å²) in [7, 11) is 0. The van der Waals surface area contributed by atoms with Crippen molar-refractivity contribution in [2.75, 3.05) is 30.0 Å². The number of ether oxygens (including phenoxy) is 1. The Labute approximate surface area is 118 Å². The normalized spacial score (nSPS) is 16.6. The molecule has 0 saturated carbocycles. The largest absolute Gasteiger partial charge is 0.461 e. The monoisotopic (exact) mass is 282 g/mol. The van der Waals surface area contributed by atoms with Gasteiger partial charge in [0.05, 0.1) is 6.10 Å². The number of aliphatic hydroxyl groups is 1. The molecular formula is C12H22N6O2. The van der Waals surface area contributed by atoms with E-state index in [9.17, 15) is 0 Å². The summed E-state index contributed by atoms with van der Waals surface area (Å²) in [5.41, 5.74) is 2.43. The number of aliphatic hydroxyl groups excluding tert-OH is 1. The van der Waals surface area contributed by atoms with Crippen molar-refractivity contribution >= 4 is 11.9 Å². The molecule has 2 rings (SSSR count). The van der Waals surface area contributed by atoms with Gasteiger partial charge in [0.25, 0.3) is 0 Å². The minimum atomic E-state index is -0.0176. The van der Waals surface area contributed by atoms with Crippen LogP contribution in [-0.4, -0.2) is 45.9 Å². The number of hydrogen-bond acceptors (Lipinski definition) is 8. The quantitative estimate of drug-likeness (QED) is 0.517. The van der Waals surface area contributed by atoms with E-state index >= 15 is 0 Å². The van der Waals surface area contributed by atoms with Gasteiger partial charge in [0.2, 0.25) is 11.9 Å². The number of hydrazine groups is 1. The minimum absolute atomic E-state index is 0.0176. The summed E-state index contributed by atoms with van der Waals surface area (Å²) in [4.78, 5) is 14.7. The van der Waals surface area contributed by atoms with Crippen LogP contribution in [-0.2, 0) is 0 Å². The lowest BCUT2D eigenvalue weighted by Crippen LogP contribution is -2.36. The lowest BCUT2D eigenvalue weighted by Gasteiger charge is -2.31. The molecule has 0 aromatic carbocycles. The zero-order chi connectivity index (χ0) is 14.5. The van der Waals surface area contributed by atoms with Crippen molar-refractivity contribution in [2.45, 2.75) is 32.8 Å². The van der Waals surface area contributed by atoms with Gasteiger partial charge in [-0.05, 0) is 32.6 Å². The van der Waals surface area contributed by atoms with Crippen molar-refractivity contribution in [1.82, 2.24) is 15.0 Å². The molecular weight excluding hydrogens is 260 g/mol. The first-order chi connectivity index (χ1) is 9.62. The predicted molar refractivity (Wildman–Crippen MR) is 75.4 cm³/mol. The van der Waals surface area contributed by atoms with Crippen LogP contribution >= 0.6 is 0 Å². The number of rotatable bonds is 5. The topological polar surface area (TPSA) is 109 Å². The van der Waals surface area contributed by atoms with Crippen molar-refractivity contribution < 1.29 is 9.84 Å². The second-order valence-corrected chi connectivity index (χ2v) is 5.17. The van der Waals surface area contributed by atoms with Gasteiger partial charge in [-0.2, -0.15) is 15.0 Å². The summed E-state index contributed by atoms with van der Waals surface area (Å²) >= 11 is 0. The van der Waals surface area contributed by atoms with E-state index in [2.05, 4.69) is 25.3 Å². The molecule has 112 valence electrons. The maximum atomic E-state index is 9.17. The van der Waals surface area contributed by atoms with Gasteiger partial charge < -0.3 is 14.7 Å². The molecule has 1 saturated heterocycles. The van der Waals surface area contributed by atoms with E-state index in [-0.39, 0.29) is 24.7 Å². The lowest BCUT2D eigenvalue weighted by molar-refractivity contribution is 0.201. The van der Waals surface area contributed by atoms with Crippen LogP contribution in [0.15, 0.2) is 0 Å². The fourth-order valence-electron chi connectivity index (χ4n) is 2.13. The van der Waals surface area contributed by atoms with Crippen LogP contribution in [0.5, 0.6) is 6.01 Å². The Morgan fingerprint density at radius 3 is 2.60 bits per heavy atom. The molecule has 1 aromatic heterocycles. The highest BCUT2D eigenvalue weighted by Gasteiger charge is 2.22. The van der Waals surface area contributed by atoms with Crippen molar-refractivity contribution in [3.63, 3.8) is 0 Å². The maximum Gasteiger partial charge on any atom is 0.323 e. The molecule has 0 unspecified atom stereocenters. The third-order valence-electron chi connectivity index (χ3n) is 3.23. The van der Waals surface area contributed by atoms with E-state index in [1.165, 1.54) is 0 Å². The molecule has 1 aliphatic heterocycles. The van der Waals surface area contributed by atoms with E-state index < -0.39 is 0 Å². The van der Waals surface area contributed by atoms with E-state index in [1.54, 1.807) is 0 Å². The summed E-state index contributed by atoms with van der Waals surface area (Å²) in [6.45, 7) is 5.67. The number of piperidine rings is 1. The van der Waals surface area contributed by atoms with Gasteiger partial charge in [-0.25, -0.2) is 5.84 Å². The molecule has 0 spiro atoms. The Kier molecular flexibility index (Phi) is 4.91. The number of anilines is 2. The predicted octanol–water partition coefficient (Wildman–Crippen LogP) is 0.153. The maximum absolute atomic E-state index is 9.17. The molecule has 0 radical (unpaired) electrons. The molecule has 1 aromatic rings. The molecule has 0 aliphatic carbocycles. The molecule has 8 nitrogen and oxygen atoms in total. The van der Waals surface area contributed by atoms with Crippen LogP contribution in [0.4, 0.5) is 11.9 Å². The highest BCUT2D eigenvalue weighted by atomic mass is 16.5. The van der Waals surface area contributed by atoms with Gasteiger partial charge in [0.1, 0.15) is 0 Å². The summed E-state index contributed by atoms with van der Waals surface area (Å²) in [5.74, 6) is 6.59. The number of nitrogen functional groups attached to an aromatic ring is 1. The Morgan fingerprint density at radius 1 is 1.35 bits per heavy atom. The average Bonchev–Trinajstić information content (AvgIpc) is 2.46. The molecule has 2 heterocycles. The fraction of sp³-hybridized carbons (Fsp3) is 0.750. The second kappa shape index (κ2) is 6.67. The molecule has 0 atom stereocenters. The molecule has 1 aliphatic rings. The van der Waals surface area contributed by atoms with Crippen LogP contribution in [0.25, 0.3) is 0 Å². The first kappa shape index (κ1) is 14.7. The average molecular weight is 282 g/mol. The van der Waals surface area contributed by atoms with Crippen molar-refractivity contribution in [3.8, 4) is 6.01 Å². The highest BCUT2D eigenvalue weighted by Crippen LogP contribution is 2.22. The first-order valence-corrected chi connectivity index (χ1v) is 6.87. The second-order valence-electron chi connectivity index (χ2n) is 5.17. The number of aromatic nitrogens is 3. The molecule has 20 heavy (non-hydrogen) atoms. The Balaban J connectivity index is 2.14.